The first-order chi connectivity index (χ1) is 9.60. The normalized spacial score (nSPS) is 27.4. The van der Waals surface area contributed by atoms with E-state index in [4.69, 9.17) is 15.2 Å². The van der Waals surface area contributed by atoms with E-state index in [0.717, 1.165) is 18.9 Å². The van der Waals surface area contributed by atoms with Crippen molar-refractivity contribution in [2.45, 2.75) is 51.4 Å². The van der Waals surface area contributed by atoms with Crippen molar-refractivity contribution in [3.8, 4) is 0 Å². The molecule has 0 amide bonds. The van der Waals surface area contributed by atoms with Crippen LogP contribution in [0, 0.1) is 5.92 Å². The molecule has 5 heteroatoms. The molecule has 3 N–H and O–H groups in total. The number of nitrogens with two attached hydrogens (primary N) is 1. The molecule has 1 fully saturated rings. The summed E-state index contributed by atoms with van der Waals surface area (Å²) in [6, 6.07) is 0.403. The van der Waals surface area contributed by atoms with Crippen molar-refractivity contribution in [2.24, 2.45) is 11.7 Å². The summed E-state index contributed by atoms with van der Waals surface area (Å²) in [6.07, 6.45) is 3.15. The fourth-order valence-corrected chi connectivity index (χ4v) is 2.92. The van der Waals surface area contributed by atoms with Crippen molar-refractivity contribution in [1.82, 2.24) is 4.90 Å². The maximum Gasteiger partial charge on any atom is 0.0900 e. The molecule has 120 valence electrons. The molecule has 0 aliphatic carbocycles. The summed E-state index contributed by atoms with van der Waals surface area (Å²) in [5, 5.41) is 10.1. The Morgan fingerprint density at radius 3 is 2.75 bits per heavy atom. The van der Waals surface area contributed by atoms with Gasteiger partial charge in [-0.3, -0.25) is 4.90 Å². The molecule has 4 atom stereocenters. The molecule has 0 aromatic rings. The maximum absolute atomic E-state index is 10.1. The van der Waals surface area contributed by atoms with Gasteiger partial charge in [0.1, 0.15) is 0 Å². The van der Waals surface area contributed by atoms with E-state index in [1.807, 2.05) is 6.92 Å². The van der Waals surface area contributed by atoms with Gasteiger partial charge in [0.2, 0.25) is 0 Å². The second kappa shape index (κ2) is 9.68. The zero-order valence-corrected chi connectivity index (χ0v) is 13.3. The van der Waals surface area contributed by atoms with Crippen LogP contribution in [-0.2, 0) is 9.47 Å². The highest BCUT2D eigenvalue weighted by Gasteiger charge is 2.27. The minimum Gasteiger partial charge on any atom is -0.389 e. The van der Waals surface area contributed by atoms with Gasteiger partial charge in [0.25, 0.3) is 0 Å². The van der Waals surface area contributed by atoms with Crippen LogP contribution in [0.5, 0.6) is 0 Å². The molecule has 1 heterocycles. The monoisotopic (exact) mass is 288 g/mol. The fourth-order valence-electron chi connectivity index (χ4n) is 2.92. The van der Waals surface area contributed by atoms with Crippen molar-refractivity contribution in [1.29, 1.82) is 0 Å². The lowest BCUT2D eigenvalue weighted by molar-refractivity contribution is -0.0465. The fraction of sp³-hybridized carbons (Fsp3) is 1.00. The summed E-state index contributed by atoms with van der Waals surface area (Å²) in [6.45, 7) is 7.46. The van der Waals surface area contributed by atoms with Crippen LogP contribution in [0.4, 0.5) is 0 Å². The van der Waals surface area contributed by atoms with Gasteiger partial charge in [-0.15, -0.1) is 0 Å². The second-order valence-electron chi connectivity index (χ2n) is 5.94. The summed E-state index contributed by atoms with van der Waals surface area (Å²) in [4.78, 5) is 2.32. The van der Waals surface area contributed by atoms with Crippen molar-refractivity contribution >= 4 is 0 Å². The topological polar surface area (TPSA) is 68.0 Å². The first-order valence-corrected chi connectivity index (χ1v) is 7.83. The van der Waals surface area contributed by atoms with Crippen LogP contribution in [0.2, 0.25) is 0 Å². The standard InChI is InChI=1S/C15H32N2O3/c1-4-13-5-6-17(14(7-13)8-16)9-15(18)11-20-12(2)10-19-3/h12-15,18H,4-11,16H2,1-3H3. The van der Waals surface area contributed by atoms with Gasteiger partial charge in [-0.05, 0) is 32.2 Å². The molecule has 1 aliphatic heterocycles. The molecule has 0 saturated carbocycles. The summed E-state index contributed by atoms with van der Waals surface area (Å²) in [7, 11) is 1.65. The lowest BCUT2D eigenvalue weighted by atomic mass is 9.89. The minimum absolute atomic E-state index is 0.0192. The highest BCUT2D eigenvalue weighted by molar-refractivity contribution is 4.83. The molecule has 5 nitrogen and oxygen atoms in total. The summed E-state index contributed by atoms with van der Waals surface area (Å²) in [5.74, 6) is 0.787. The number of hydrogen-bond acceptors (Lipinski definition) is 5. The number of aliphatic hydroxyl groups is 1. The molecule has 1 saturated heterocycles. The molecule has 0 spiro atoms. The number of nitrogens with zero attached hydrogens (tertiary/aromatic N) is 1. The van der Waals surface area contributed by atoms with Gasteiger partial charge >= 0.3 is 0 Å². The van der Waals surface area contributed by atoms with Gasteiger partial charge in [-0.1, -0.05) is 13.3 Å². The highest BCUT2D eigenvalue weighted by atomic mass is 16.5. The third-order valence-corrected chi connectivity index (χ3v) is 4.22. The Labute approximate surface area is 123 Å². The zero-order valence-electron chi connectivity index (χ0n) is 13.3. The molecule has 1 rings (SSSR count). The van der Waals surface area contributed by atoms with Crippen LogP contribution in [-0.4, -0.2) is 68.2 Å². The average molecular weight is 288 g/mol. The highest BCUT2D eigenvalue weighted by Crippen LogP contribution is 2.24. The first kappa shape index (κ1) is 17.9. The van der Waals surface area contributed by atoms with E-state index in [1.54, 1.807) is 7.11 Å². The van der Waals surface area contributed by atoms with E-state index in [1.165, 1.54) is 12.8 Å². The molecule has 1 aliphatic rings. The zero-order chi connectivity index (χ0) is 15.0. The second-order valence-corrected chi connectivity index (χ2v) is 5.94. The molecule has 4 unspecified atom stereocenters. The number of ether oxygens (including phenoxy) is 2. The molecular weight excluding hydrogens is 256 g/mol. The summed E-state index contributed by atoms with van der Waals surface area (Å²) in [5.41, 5.74) is 5.88. The van der Waals surface area contributed by atoms with Crippen LogP contribution in [0.25, 0.3) is 0 Å². The molecule has 0 aromatic heterocycles. The average Bonchev–Trinajstić information content (AvgIpc) is 2.46. The van der Waals surface area contributed by atoms with Crippen LogP contribution in [0.1, 0.15) is 33.1 Å². The molecule has 0 aromatic carbocycles. The number of rotatable bonds is 9. The van der Waals surface area contributed by atoms with Crippen LogP contribution >= 0.6 is 0 Å². The Morgan fingerprint density at radius 1 is 1.40 bits per heavy atom. The van der Waals surface area contributed by atoms with E-state index in [0.29, 0.717) is 32.3 Å². The third kappa shape index (κ3) is 6.06. The Balaban J connectivity index is 2.31. The number of likely N-dealkylation sites (tertiary alicyclic amines) is 1. The van der Waals surface area contributed by atoms with E-state index in [2.05, 4.69) is 11.8 Å². The Kier molecular flexibility index (Phi) is 8.64. The molecule has 20 heavy (non-hydrogen) atoms. The van der Waals surface area contributed by atoms with E-state index >= 15 is 0 Å². The number of aliphatic hydroxyl groups excluding tert-OH is 1. The van der Waals surface area contributed by atoms with Crippen LogP contribution < -0.4 is 5.73 Å². The Morgan fingerprint density at radius 2 is 2.15 bits per heavy atom. The lowest BCUT2D eigenvalue weighted by Gasteiger charge is -2.39. The minimum atomic E-state index is -0.457. The Hall–Kier alpha value is -0.200. The number of hydrogen-bond donors (Lipinski definition) is 2. The molecular formula is C15H32N2O3. The van der Waals surface area contributed by atoms with Gasteiger partial charge in [-0.25, -0.2) is 0 Å². The Bertz CT molecular complexity index is 253. The van der Waals surface area contributed by atoms with Crippen molar-refractivity contribution in [3.63, 3.8) is 0 Å². The van der Waals surface area contributed by atoms with E-state index < -0.39 is 6.10 Å². The van der Waals surface area contributed by atoms with Crippen LogP contribution in [0.15, 0.2) is 0 Å². The first-order valence-electron chi connectivity index (χ1n) is 7.83. The van der Waals surface area contributed by atoms with Crippen molar-refractivity contribution < 1.29 is 14.6 Å². The number of β-amino-alcohol motifs (C(OH)–C–C–N with tert-alkyl or cyclic N) is 1. The lowest BCUT2D eigenvalue weighted by Crippen LogP contribution is -2.50. The molecule has 0 bridgehead atoms. The molecule has 0 radical (unpaired) electrons. The van der Waals surface area contributed by atoms with Gasteiger partial charge in [-0.2, -0.15) is 0 Å². The summed E-state index contributed by atoms with van der Waals surface area (Å²) >= 11 is 0. The van der Waals surface area contributed by atoms with E-state index in [-0.39, 0.29) is 6.10 Å². The van der Waals surface area contributed by atoms with Crippen LogP contribution in [0.3, 0.4) is 0 Å². The van der Waals surface area contributed by atoms with Gasteiger partial charge in [0.15, 0.2) is 0 Å². The SMILES string of the molecule is CCC1CCN(CC(O)COC(C)COC)C(CN)C1. The maximum atomic E-state index is 10.1. The quantitative estimate of drug-likeness (QED) is 0.658. The van der Waals surface area contributed by atoms with Crippen molar-refractivity contribution in [3.05, 3.63) is 0 Å². The van der Waals surface area contributed by atoms with Gasteiger partial charge in [0.05, 0.1) is 25.4 Å². The van der Waals surface area contributed by atoms with E-state index in [9.17, 15) is 5.11 Å². The third-order valence-electron chi connectivity index (χ3n) is 4.22. The number of piperidine rings is 1. The predicted molar refractivity (Wildman–Crippen MR) is 80.7 cm³/mol. The smallest absolute Gasteiger partial charge is 0.0900 e. The van der Waals surface area contributed by atoms with Gasteiger partial charge in [0, 0.05) is 26.2 Å². The largest absolute Gasteiger partial charge is 0.389 e. The van der Waals surface area contributed by atoms with Gasteiger partial charge < -0.3 is 20.3 Å². The summed E-state index contributed by atoms with van der Waals surface area (Å²) < 4.78 is 10.6. The predicted octanol–water partition coefficient (Wildman–Crippen LogP) is 0.848. The van der Waals surface area contributed by atoms with Crippen molar-refractivity contribution in [2.75, 3.05) is 40.0 Å². The number of methoxy groups -OCH3 is 1.